The number of aromatic nitrogens is 1. The fraction of sp³-hybridized carbons (Fsp3) is 0.731. The maximum absolute atomic E-state index is 13.0. The number of ether oxygens (including phenoxy) is 1. The van der Waals surface area contributed by atoms with Gasteiger partial charge in [-0.05, 0) is 69.9 Å². The molecule has 2 amide bonds. The summed E-state index contributed by atoms with van der Waals surface area (Å²) in [5, 5.41) is 2.91. The molecular formula is C26H39N3O3. The smallest absolute Gasteiger partial charge is 0.407 e. The van der Waals surface area contributed by atoms with Gasteiger partial charge in [-0.1, -0.05) is 26.8 Å². The van der Waals surface area contributed by atoms with Crippen LogP contribution in [0.15, 0.2) is 18.2 Å². The Kier molecular flexibility index (Phi) is 6.01. The van der Waals surface area contributed by atoms with Gasteiger partial charge in [0.05, 0.1) is 6.61 Å². The van der Waals surface area contributed by atoms with Gasteiger partial charge in [-0.25, -0.2) is 4.79 Å². The van der Waals surface area contributed by atoms with E-state index in [1.54, 1.807) is 6.92 Å². The topological polar surface area (TPSA) is 71.5 Å². The van der Waals surface area contributed by atoms with E-state index in [2.05, 4.69) is 49.2 Å². The van der Waals surface area contributed by atoms with Crippen LogP contribution >= 0.6 is 0 Å². The lowest BCUT2D eigenvalue weighted by Gasteiger charge is -2.53. The third-order valence-corrected chi connectivity index (χ3v) is 7.87. The summed E-state index contributed by atoms with van der Waals surface area (Å²) in [5.74, 6) is 0.841. The molecule has 0 atom stereocenters. The van der Waals surface area contributed by atoms with Crippen LogP contribution in [0.1, 0.15) is 90.4 Å². The van der Waals surface area contributed by atoms with Crippen LogP contribution < -0.4 is 5.32 Å². The zero-order valence-electron chi connectivity index (χ0n) is 20.4. The van der Waals surface area contributed by atoms with Crippen LogP contribution in [0.2, 0.25) is 0 Å². The minimum atomic E-state index is -0.386. The number of hydrogen-bond donors (Lipinski definition) is 1. The van der Waals surface area contributed by atoms with Crippen LogP contribution in [-0.4, -0.2) is 47.1 Å². The molecule has 3 fully saturated rings. The van der Waals surface area contributed by atoms with Gasteiger partial charge in [0.2, 0.25) is 5.91 Å². The first kappa shape index (κ1) is 23.1. The van der Waals surface area contributed by atoms with E-state index in [9.17, 15) is 9.59 Å². The Labute approximate surface area is 192 Å². The SMILES string of the molecule is CCOC(=O)NC1(C)CC(C(=O)N2CCC3(CC2)CC(c2cccc(C(C)(C)C)n2)C3)C1. The van der Waals surface area contributed by atoms with E-state index in [0.717, 1.165) is 25.9 Å². The molecule has 6 heteroatoms. The molecule has 1 aromatic heterocycles. The van der Waals surface area contributed by atoms with Crippen molar-refractivity contribution in [1.29, 1.82) is 0 Å². The molecule has 2 heterocycles. The van der Waals surface area contributed by atoms with Crippen LogP contribution in [0.3, 0.4) is 0 Å². The first-order valence-corrected chi connectivity index (χ1v) is 12.2. The van der Waals surface area contributed by atoms with E-state index >= 15 is 0 Å². The van der Waals surface area contributed by atoms with E-state index < -0.39 is 0 Å². The molecule has 0 radical (unpaired) electrons. The van der Waals surface area contributed by atoms with Crippen LogP contribution in [0.25, 0.3) is 0 Å². The lowest BCUT2D eigenvalue weighted by Crippen LogP contribution is -2.59. The fourth-order valence-electron chi connectivity index (χ4n) is 5.88. The molecule has 3 aliphatic rings. The summed E-state index contributed by atoms with van der Waals surface area (Å²) in [7, 11) is 0. The highest BCUT2D eigenvalue weighted by Crippen LogP contribution is 2.56. The van der Waals surface area contributed by atoms with E-state index in [-0.39, 0.29) is 28.9 Å². The Balaban J connectivity index is 1.24. The number of alkyl carbamates (subject to hydrolysis) is 1. The number of hydrogen-bond acceptors (Lipinski definition) is 4. The Morgan fingerprint density at radius 2 is 1.81 bits per heavy atom. The predicted molar refractivity (Wildman–Crippen MR) is 124 cm³/mol. The number of rotatable bonds is 4. The summed E-state index contributed by atoms with van der Waals surface area (Å²) in [5.41, 5.74) is 2.55. The van der Waals surface area contributed by atoms with E-state index in [1.807, 2.05) is 6.92 Å². The van der Waals surface area contributed by atoms with E-state index in [4.69, 9.17) is 9.72 Å². The average molecular weight is 442 g/mol. The largest absolute Gasteiger partial charge is 0.450 e. The normalized spacial score (nSPS) is 27.4. The summed E-state index contributed by atoms with van der Waals surface area (Å²) in [6.45, 7) is 12.5. The van der Waals surface area contributed by atoms with E-state index in [0.29, 0.717) is 30.8 Å². The second-order valence-corrected chi connectivity index (χ2v) is 11.6. The van der Waals surface area contributed by atoms with Gasteiger partial charge < -0.3 is 15.0 Å². The minimum Gasteiger partial charge on any atom is -0.450 e. The zero-order valence-corrected chi connectivity index (χ0v) is 20.4. The highest BCUT2D eigenvalue weighted by atomic mass is 16.5. The number of pyridine rings is 1. The molecule has 1 N–H and O–H groups in total. The van der Waals surface area contributed by atoms with Crippen molar-refractivity contribution in [2.75, 3.05) is 19.7 Å². The molecule has 32 heavy (non-hydrogen) atoms. The monoisotopic (exact) mass is 441 g/mol. The maximum Gasteiger partial charge on any atom is 0.407 e. The highest BCUT2D eigenvalue weighted by molar-refractivity contribution is 5.81. The molecule has 6 nitrogen and oxygen atoms in total. The van der Waals surface area contributed by atoms with Gasteiger partial charge >= 0.3 is 6.09 Å². The van der Waals surface area contributed by atoms with Gasteiger partial charge in [0.25, 0.3) is 0 Å². The predicted octanol–water partition coefficient (Wildman–Crippen LogP) is 4.78. The number of carbonyl (C=O) groups is 2. The molecule has 1 aromatic rings. The van der Waals surface area contributed by atoms with E-state index in [1.165, 1.54) is 24.2 Å². The van der Waals surface area contributed by atoms with Crippen molar-refractivity contribution in [2.45, 2.75) is 90.0 Å². The molecule has 1 saturated heterocycles. The van der Waals surface area contributed by atoms with Gasteiger partial charge in [0.1, 0.15) is 0 Å². The Morgan fingerprint density at radius 3 is 2.41 bits per heavy atom. The summed E-state index contributed by atoms with van der Waals surface area (Å²) in [4.78, 5) is 31.7. The molecule has 1 aliphatic heterocycles. The van der Waals surface area contributed by atoms with Gasteiger partial charge in [0.15, 0.2) is 0 Å². The summed E-state index contributed by atoms with van der Waals surface area (Å²) >= 11 is 0. The van der Waals surface area contributed by atoms with Crippen molar-refractivity contribution >= 4 is 12.0 Å². The Bertz CT molecular complexity index is 853. The lowest BCUT2D eigenvalue weighted by molar-refractivity contribution is -0.144. The van der Waals surface area contributed by atoms with Crippen molar-refractivity contribution < 1.29 is 14.3 Å². The molecule has 0 bridgehead atoms. The molecule has 176 valence electrons. The number of piperidine rings is 1. The van der Waals surface area contributed by atoms with Gasteiger partial charge in [0, 0.05) is 47.3 Å². The van der Waals surface area contributed by atoms with Crippen molar-refractivity contribution in [3.05, 3.63) is 29.6 Å². The number of likely N-dealkylation sites (tertiary alicyclic amines) is 1. The van der Waals surface area contributed by atoms with Crippen LogP contribution in [0.5, 0.6) is 0 Å². The number of nitrogens with zero attached hydrogens (tertiary/aromatic N) is 2. The van der Waals surface area contributed by atoms with Crippen molar-refractivity contribution in [2.24, 2.45) is 11.3 Å². The van der Waals surface area contributed by atoms with Crippen LogP contribution in [0.4, 0.5) is 4.79 Å². The fourth-order valence-corrected chi connectivity index (χ4v) is 5.88. The summed E-state index contributed by atoms with van der Waals surface area (Å²) < 4.78 is 4.98. The lowest BCUT2D eigenvalue weighted by atomic mass is 9.56. The van der Waals surface area contributed by atoms with Crippen LogP contribution in [0, 0.1) is 11.3 Å². The van der Waals surface area contributed by atoms with Gasteiger partial charge in [-0.2, -0.15) is 0 Å². The maximum atomic E-state index is 13.0. The molecule has 0 aromatic carbocycles. The molecule has 2 saturated carbocycles. The standard InChI is InChI=1S/C26H39N3O3/c1-6-32-23(31)28-25(5)14-19(15-25)22(30)29-12-10-26(11-13-29)16-18(17-26)20-8-7-9-21(27-20)24(2,3)4/h7-9,18-19H,6,10-17H2,1-5H3,(H,28,31). The number of amides is 2. The minimum absolute atomic E-state index is 0.0226. The first-order chi connectivity index (χ1) is 15.0. The number of nitrogens with one attached hydrogen (secondary N) is 1. The second-order valence-electron chi connectivity index (χ2n) is 11.6. The summed E-state index contributed by atoms with van der Waals surface area (Å²) in [6.07, 6.45) is 5.59. The zero-order chi connectivity index (χ0) is 23.1. The van der Waals surface area contributed by atoms with Crippen molar-refractivity contribution in [3.63, 3.8) is 0 Å². The van der Waals surface area contributed by atoms with Crippen molar-refractivity contribution in [1.82, 2.24) is 15.2 Å². The quantitative estimate of drug-likeness (QED) is 0.730. The molecule has 1 spiro atoms. The average Bonchev–Trinajstić information content (AvgIpc) is 2.69. The molecular weight excluding hydrogens is 402 g/mol. The number of carbonyl (C=O) groups excluding carboxylic acids is 2. The molecule has 2 aliphatic carbocycles. The third kappa shape index (κ3) is 4.65. The second kappa shape index (κ2) is 8.35. The molecule has 0 unspecified atom stereocenters. The highest BCUT2D eigenvalue weighted by Gasteiger charge is 2.50. The first-order valence-electron chi connectivity index (χ1n) is 12.2. The van der Waals surface area contributed by atoms with Gasteiger partial charge in [-0.15, -0.1) is 0 Å². The third-order valence-electron chi connectivity index (χ3n) is 7.87. The Hall–Kier alpha value is -2.11. The Morgan fingerprint density at radius 1 is 1.16 bits per heavy atom. The molecule has 4 rings (SSSR count). The summed E-state index contributed by atoms with van der Waals surface area (Å²) in [6, 6.07) is 6.47. The van der Waals surface area contributed by atoms with Crippen LogP contribution in [-0.2, 0) is 14.9 Å². The van der Waals surface area contributed by atoms with Crippen molar-refractivity contribution in [3.8, 4) is 0 Å². The van der Waals surface area contributed by atoms with Gasteiger partial charge in [-0.3, -0.25) is 9.78 Å².